The monoisotopic (exact) mass is 293 g/mol. The molecule has 1 nitrogen and oxygen atoms in total. The molecule has 20 heavy (non-hydrogen) atoms. The molecule has 0 amide bonds. The van der Waals surface area contributed by atoms with Crippen molar-refractivity contribution in [1.29, 1.82) is 0 Å². The molecule has 0 spiro atoms. The minimum absolute atomic E-state index is 0.247. The SMILES string of the molecule is CCCNC1(C(F)(F)F)CCCCCCCCCCC1. The average Bonchev–Trinajstić information content (AvgIpc) is 2.37. The summed E-state index contributed by atoms with van der Waals surface area (Å²) in [5.41, 5.74) is -1.64. The Hall–Kier alpha value is -0.250. The average molecular weight is 293 g/mol. The molecule has 1 aliphatic carbocycles. The minimum Gasteiger partial charge on any atom is -0.304 e. The highest BCUT2D eigenvalue weighted by Gasteiger charge is 2.52. The van der Waals surface area contributed by atoms with E-state index >= 15 is 0 Å². The Morgan fingerprint density at radius 1 is 0.800 bits per heavy atom. The maximum atomic E-state index is 13.6. The zero-order chi connectivity index (χ0) is 14.9. The molecule has 0 aromatic carbocycles. The topological polar surface area (TPSA) is 12.0 Å². The standard InChI is InChI=1S/C16H30F3N/c1-2-14-20-15(16(17,18)19)12-10-8-6-4-3-5-7-9-11-13-15/h20H,2-14H2,1H3. The number of hydrogen-bond acceptors (Lipinski definition) is 1. The van der Waals surface area contributed by atoms with Crippen LogP contribution in [0.1, 0.15) is 84.0 Å². The first kappa shape index (κ1) is 17.8. The fourth-order valence-electron chi connectivity index (χ4n) is 3.14. The van der Waals surface area contributed by atoms with Gasteiger partial charge in [0.15, 0.2) is 0 Å². The van der Waals surface area contributed by atoms with Crippen LogP contribution in [-0.2, 0) is 0 Å². The molecule has 1 N–H and O–H groups in total. The second-order valence-electron chi connectivity index (χ2n) is 6.19. The van der Waals surface area contributed by atoms with Crippen molar-refractivity contribution in [3.8, 4) is 0 Å². The first-order valence-electron chi connectivity index (χ1n) is 8.33. The van der Waals surface area contributed by atoms with Crippen LogP contribution in [0, 0.1) is 0 Å². The van der Waals surface area contributed by atoms with E-state index in [1.54, 1.807) is 0 Å². The van der Waals surface area contributed by atoms with Gasteiger partial charge >= 0.3 is 6.18 Å². The van der Waals surface area contributed by atoms with Crippen molar-refractivity contribution in [1.82, 2.24) is 5.32 Å². The van der Waals surface area contributed by atoms with Gasteiger partial charge in [-0.15, -0.1) is 0 Å². The molecule has 0 saturated heterocycles. The van der Waals surface area contributed by atoms with Crippen molar-refractivity contribution < 1.29 is 13.2 Å². The Labute approximate surface area is 121 Å². The maximum absolute atomic E-state index is 13.6. The van der Waals surface area contributed by atoms with Gasteiger partial charge in [0.05, 0.1) is 0 Å². The Morgan fingerprint density at radius 2 is 1.20 bits per heavy atom. The zero-order valence-electron chi connectivity index (χ0n) is 12.8. The Morgan fingerprint density at radius 3 is 1.55 bits per heavy atom. The van der Waals surface area contributed by atoms with Gasteiger partial charge in [0.25, 0.3) is 0 Å². The van der Waals surface area contributed by atoms with Crippen LogP contribution in [0.5, 0.6) is 0 Å². The zero-order valence-corrected chi connectivity index (χ0v) is 12.8. The lowest BCUT2D eigenvalue weighted by Gasteiger charge is -2.37. The Bertz CT molecular complexity index is 239. The van der Waals surface area contributed by atoms with Gasteiger partial charge in [-0.1, -0.05) is 64.7 Å². The van der Waals surface area contributed by atoms with Crippen molar-refractivity contribution in [3.05, 3.63) is 0 Å². The summed E-state index contributed by atoms with van der Waals surface area (Å²) in [5, 5.41) is 2.85. The molecular formula is C16H30F3N. The first-order chi connectivity index (χ1) is 9.52. The van der Waals surface area contributed by atoms with E-state index in [0.717, 1.165) is 32.1 Å². The van der Waals surface area contributed by atoms with Gasteiger partial charge in [-0.05, 0) is 25.8 Å². The van der Waals surface area contributed by atoms with Gasteiger partial charge in [0.1, 0.15) is 5.54 Å². The summed E-state index contributed by atoms with van der Waals surface area (Å²) in [4.78, 5) is 0. The molecule has 0 aromatic heterocycles. The smallest absolute Gasteiger partial charge is 0.304 e. The maximum Gasteiger partial charge on any atom is 0.406 e. The summed E-state index contributed by atoms with van der Waals surface area (Å²) < 4.78 is 40.8. The van der Waals surface area contributed by atoms with E-state index in [2.05, 4.69) is 5.32 Å². The van der Waals surface area contributed by atoms with Crippen molar-refractivity contribution in [2.24, 2.45) is 0 Å². The number of nitrogens with one attached hydrogen (secondary N) is 1. The van der Waals surface area contributed by atoms with E-state index in [0.29, 0.717) is 19.4 Å². The normalized spacial score (nSPS) is 22.8. The van der Waals surface area contributed by atoms with Gasteiger partial charge in [-0.2, -0.15) is 13.2 Å². The van der Waals surface area contributed by atoms with Gasteiger partial charge < -0.3 is 5.32 Å². The lowest BCUT2D eigenvalue weighted by atomic mass is 9.84. The largest absolute Gasteiger partial charge is 0.406 e. The quantitative estimate of drug-likeness (QED) is 0.715. The summed E-state index contributed by atoms with van der Waals surface area (Å²) in [6.45, 7) is 2.38. The highest BCUT2D eigenvalue weighted by atomic mass is 19.4. The number of halogens is 3. The third kappa shape index (κ3) is 5.63. The first-order valence-corrected chi connectivity index (χ1v) is 8.33. The van der Waals surface area contributed by atoms with Crippen LogP contribution in [0.15, 0.2) is 0 Å². The summed E-state index contributed by atoms with van der Waals surface area (Å²) in [6, 6.07) is 0. The van der Waals surface area contributed by atoms with E-state index in [1.807, 2.05) is 6.92 Å². The van der Waals surface area contributed by atoms with Gasteiger partial charge in [-0.3, -0.25) is 0 Å². The van der Waals surface area contributed by atoms with E-state index in [9.17, 15) is 13.2 Å². The fraction of sp³-hybridized carbons (Fsp3) is 1.00. The van der Waals surface area contributed by atoms with Gasteiger partial charge in [0.2, 0.25) is 0 Å². The van der Waals surface area contributed by atoms with Crippen LogP contribution in [0.25, 0.3) is 0 Å². The molecular weight excluding hydrogens is 263 g/mol. The lowest BCUT2D eigenvalue weighted by molar-refractivity contribution is -0.202. The molecule has 0 heterocycles. The molecule has 1 fully saturated rings. The number of hydrogen-bond donors (Lipinski definition) is 1. The molecule has 1 saturated carbocycles. The van der Waals surface area contributed by atoms with Crippen molar-refractivity contribution >= 4 is 0 Å². The molecule has 0 atom stereocenters. The molecule has 4 heteroatoms. The van der Waals surface area contributed by atoms with Crippen molar-refractivity contribution in [2.75, 3.05) is 6.54 Å². The van der Waals surface area contributed by atoms with Crippen LogP contribution in [0.2, 0.25) is 0 Å². The second kappa shape index (κ2) is 8.91. The molecule has 0 bridgehead atoms. The molecule has 0 aromatic rings. The van der Waals surface area contributed by atoms with Gasteiger partial charge in [0, 0.05) is 0 Å². The van der Waals surface area contributed by atoms with E-state index < -0.39 is 11.7 Å². The number of alkyl halides is 3. The predicted octanol–water partition coefficient (Wildman–Crippen LogP) is 5.59. The predicted molar refractivity (Wildman–Crippen MR) is 77.9 cm³/mol. The van der Waals surface area contributed by atoms with Crippen LogP contribution in [0.3, 0.4) is 0 Å². The Kier molecular flexibility index (Phi) is 7.93. The van der Waals surface area contributed by atoms with Gasteiger partial charge in [-0.25, -0.2) is 0 Å². The summed E-state index contributed by atoms with van der Waals surface area (Å²) >= 11 is 0. The highest BCUT2D eigenvalue weighted by molar-refractivity contribution is 4.95. The van der Waals surface area contributed by atoms with Crippen LogP contribution >= 0.6 is 0 Å². The second-order valence-corrected chi connectivity index (χ2v) is 6.19. The highest BCUT2D eigenvalue weighted by Crippen LogP contribution is 2.39. The molecule has 0 aliphatic heterocycles. The van der Waals surface area contributed by atoms with E-state index in [4.69, 9.17) is 0 Å². The third-order valence-corrected chi connectivity index (χ3v) is 4.46. The molecule has 120 valence electrons. The molecule has 1 rings (SSSR count). The molecule has 1 aliphatic rings. The Balaban J connectivity index is 2.71. The minimum atomic E-state index is -4.13. The van der Waals surface area contributed by atoms with Crippen LogP contribution in [0.4, 0.5) is 13.2 Å². The molecule has 0 radical (unpaired) electrons. The van der Waals surface area contributed by atoms with Crippen LogP contribution in [-0.4, -0.2) is 18.3 Å². The summed E-state index contributed by atoms with van der Waals surface area (Å²) in [6.07, 6.45) is 6.14. The fourth-order valence-corrected chi connectivity index (χ4v) is 3.14. The summed E-state index contributed by atoms with van der Waals surface area (Å²) in [5.74, 6) is 0. The van der Waals surface area contributed by atoms with E-state index in [1.165, 1.54) is 19.3 Å². The van der Waals surface area contributed by atoms with E-state index in [-0.39, 0.29) is 12.8 Å². The molecule has 0 unspecified atom stereocenters. The van der Waals surface area contributed by atoms with Crippen molar-refractivity contribution in [3.63, 3.8) is 0 Å². The third-order valence-electron chi connectivity index (χ3n) is 4.46. The summed E-state index contributed by atoms with van der Waals surface area (Å²) in [7, 11) is 0. The lowest BCUT2D eigenvalue weighted by Crippen LogP contribution is -2.57. The number of rotatable bonds is 3. The van der Waals surface area contributed by atoms with Crippen LogP contribution < -0.4 is 5.32 Å². The van der Waals surface area contributed by atoms with Crippen molar-refractivity contribution in [2.45, 2.75) is 95.7 Å².